The highest BCUT2D eigenvalue weighted by molar-refractivity contribution is 5.91. The molecule has 0 saturated carbocycles. The fourth-order valence-electron chi connectivity index (χ4n) is 2.69. The van der Waals surface area contributed by atoms with Gasteiger partial charge < -0.3 is 9.47 Å². The summed E-state index contributed by atoms with van der Waals surface area (Å²) in [6, 6.07) is 19.4. The quantitative estimate of drug-likeness (QED) is 0.376. The van der Waals surface area contributed by atoms with Gasteiger partial charge in [0, 0.05) is 6.42 Å². The average Bonchev–Trinajstić information content (AvgIpc) is 2.74. The standard InChI is InChI=1S/C24H21FO4/c1-2-3-4-23(26)28-21-15-9-19(10-16-21)24(27)29-22-13-7-18(8-14-22)17-5-11-20(25)12-6-17/h5-16H,2-4H2,1H3. The Morgan fingerprint density at radius 2 is 1.28 bits per heavy atom. The molecule has 0 amide bonds. The number of hydrogen-bond donors (Lipinski definition) is 0. The zero-order valence-electron chi connectivity index (χ0n) is 16.1. The zero-order valence-corrected chi connectivity index (χ0v) is 16.1. The zero-order chi connectivity index (χ0) is 20.6. The lowest BCUT2D eigenvalue weighted by Crippen LogP contribution is -2.09. The Kier molecular flexibility index (Phi) is 6.74. The van der Waals surface area contributed by atoms with Crippen LogP contribution < -0.4 is 9.47 Å². The maximum atomic E-state index is 13.0. The monoisotopic (exact) mass is 392 g/mol. The Labute approximate surface area is 168 Å². The third-order valence-electron chi connectivity index (χ3n) is 4.30. The fourth-order valence-corrected chi connectivity index (χ4v) is 2.69. The van der Waals surface area contributed by atoms with Gasteiger partial charge in [-0.2, -0.15) is 0 Å². The maximum absolute atomic E-state index is 13.0. The van der Waals surface area contributed by atoms with Crippen LogP contribution in [0.25, 0.3) is 11.1 Å². The fraction of sp³-hybridized carbons (Fsp3) is 0.167. The summed E-state index contributed by atoms with van der Waals surface area (Å²) in [5, 5.41) is 0. The summed E-state index contributed by atoms with van der Waals surface area (Å²) in [5.74, 6) is -0.296. The highest BCUT2D eigenvalue weighted by atomic mass is 19.1. The molecule has 0 aliphatic heterocycles. The van der Waals surface area contributed by atoms with E-state index in [1.165, 1.54) is 12.1 Å². The summed E-state index contributed by atoms with van der Waals surface area (Å²) in [7, 11) is 0. The third-order valence-corrected chi connectivity index (χ3v) is 4.30. The lowest BCUT2D eigenvalue weighted by molar-refractivity contribution is -0.134. The molecule has 3 rings (SSSR count). The van der Waals surface area contributed by atoms with Gasteiger partial charge in [0.2, 0.25) is 0 Å². The molecule has 0 N–H and O–H groups in total. The van der Waals surface area contributed by atoms with Crippen LogP contribution in [-0.4, -0.2) is 11.9 Å². The van der Waals surface area contributed by atoms with Crippen LogP contribution in [0.5, 0.6) is 11.5 Å². The predicted octanol–water partition coefficient (Wildman–Crippen LogP) is 5.81. The Bertz CT molecular complexity index is 961. The average molecular weight is 392 g/mol. The number of benzene rings is 3. The molecule has 3 aromatic carbocycles. The van der Waals surface area contributed by atoms with Gasteiger partial charge in [-0.3, -0.25) is 4.79 Å². The second-order valence-electron chi connectivity index (χ2n) is 6.52. The second kappa shape index (κ2) is 9.64. The van der Waals surface area contributed by atoms with Crippen molar-refractivity contribution in [3.05, 3.63) is 84.2 Å². The smallest absolute Gasteiger partial charge is 0.343 e. The minimum Gasteiger partial charge on any atom is -0.427 e. The Hall–Kier alpha value is -3.47. The van der Waals surface area contributed by atoms with E-state index in [4.69, 9.17) is 9.47 Å². The van der Waals surface area contributed by atoms with Gasteiger partial charge in [-0.25, -0.2) is 9.18 Å². The van der Waals surface area contributed by atoms with E-state index in [0.717, 1.165) is 24.0 Å². The summed E-state index contributed by atoms with van der Waals surface area (Å²) in [6.45, 7) is 2.00. The van der Waals surface area contributed by atoms with E-state index in [2.05, 4.69) is 0 Å². The summed E-state index contributed by atoms with van der Waals surface area (Å²) >= 11 is 0. The molecule has 0 radical (unpaired) electrons. The number of hydrogen-bond acceptors (Lipinski definition) is 4. The van der Waals surface area contributed by atoms with Crippen molar-refractivity contribution in [1.82, 2.24) is 0 Å². The molecular weight excluding hydrogens is 371 g/mol. The molecule has 0 unspecified atom stereocenters. The minimum atomic E-state index is -0.511. The first kappa shape index (κ1) is 20.3. The molecular formula is C24H21FO4. The molecule has 0 atom stereocenters. The SMILES string of the molecule is CCCCC(=O)Oc1ccc(C(=O)Oc2ccc(-c3ccc(F)cc3)cc2)cc1. The van der Waals surface area contributed by atoms with Gasteiger partial charge in [0.15, 0.2) is 0 Å². The molecule has 0 heterocycles. The second-order valence-corrected chi connectivity index (χ2v) is 6.52. The van der Waals surface area contributed by atoms with E-state index < -0.39 is 5.97 Å². The number of ether oxygens (including phenoxy) is 2. The van der Waals surface area contributed by atoms with Crippen molar-refractivity contribution in [3.8, 4) is 22.6 Å². The first-order chi connectivity index (χ1) is 14.0. The molecule has 5 heteroatoms. The van der Waals surface area contributed by atoms with E-state index in [1.54, 1.807) is 60.7 Å². The minimum absolute atomic E-state index is 0.288. The van der Waals surface area contributed by atoms with E-state index in [-0.39, 0.29) is 11.8 Å². The van der Waals surface area contributed by atoms with Crippen molar-refractivity contribution in [3.63, 3.8) is 0 Å². The van der Waals surface area contributed by atoms with Crippen molar-refractivity contribution in [2.24, 2.45) is 0 Å². The highest BCUT2D eigenvalue weighted by Gasteiger charge is 2.10. The Balaban J connectivity index is 1.59. The number of rotatable bonds is 7. The van der Waals surface area contributed by atoms with Crippen molar-refractivity contribution >= 4 is 11.9 Å². The molecule has 0 fully saturated rings. The van der Waals surface area contributed by atoms with Crippen molar-refractivity contribution in [2.75, 3.05) is 0 Å². The van der Waals surface area contributed by atoms with Crippen LogP contribution in [0.3, 0.4) is 0 Å². The molecule has 0 aliphatic carbocycles. The number of esters is 2. The van der Waals surface area contributed by atoms with Crippen LogP contribution in [0.4, 0.5) is 4.39 Å². The highest BCUT2D eigenvalue weighted by Crippen LogP contribution is 2.23. The third kappa shape index (κ3) is 5.75. The van der Waals surface area contributed by atoms with Gasteiger partial charge in [-0.1, -0.05) is 37.6 Å². The Morgan fingerprint density at radius 3 is 1.86 bits per heavy atom. The normalized spacial score (nSPS) is 10.4. The number of carbonyl (C=O) groups excluding carboxylic acids is 2. The molecule has 0 bridgehead atoms. The van der Waals surface area contributed by atoms with E-state index in [1.807, 2.05) is 6.92 Å². The number of unbranched alkanes of at least 4 members (excludes halogenated alkanes) is 1. The first-order valence-corrected chi connectivity index (χ1v) is 9.44. The summed E-state index contributed by atoms with van der Waals surface area (Å²) in [6.07, 6.45) is 2.07. The van der Waals surface area contributed by atoms with Crippen molar-refractivity contribution < 1.29 is 23.5 Å². The first-order valence-electron chi connectivity index (χ1n) is 9.44. The maximum Gasteiger partial charge on any atom is 0.343 e. The van der Waals surface area contributed by atoms with E-state index in [9.17, 15) is 14.0 Å². The van der Waals surface area contributed by atoms with Crippen LogP contribution in [0, 0.1) is 5.82 Å². The van der Waals surface area contributed by atoms with Gasteiger partial charge in [-0.05, 0) is 66.1 Å². The molecule has 29 heavy (non-hydrogen) atoms. The van der Waals surface area contributed by atoms with Crippen molar-refractivity contribution in [2.45, 2.75) is 26.2 Å². The van der Waals surface area contributed by atoms with E-state index in [0.29, 0.717) is 23.5 Å². The molecule has 0 spiro atoms. The summed E-state index contributed by atoms with van der Waals surface area (Å²) in [5.41, 5.74) is 2.10. The molecule has 3 aromatic rings. The lowest BCUT2D eigenvalue weighted by Gasteiger charge is -2.07. The van der Waals surface area contributed by atoms with Crippen molar-refractivity contribution in [1.29, 1.82) is 0 Å². The summed E-state index contributed by atoms with van der Waals surface area (Å²) < 4.78 is 23.6. The molecule has 0 saturated heterocycles. The molecule has 148 valence electrons. The van der Waals surface area contributed by atoms with Crippen LogP contribution in [0.2, 0.25) is 0 Å². The number of carbonyl (C=O) groups is 2. The molecule has 4 nitrogen and oxygen atoms in total. The lowest BCUT2D eigenvalue weighted by atomic mass is 10.1. The predicted molar refractivity (Wildman–Crippen MR) is 108 cm³/mol. The number of halogens is 1. The Morgan fingerprint density at radius 1 is 0.759 bits per heavy atom. The molecule has 0 aromatic heterocycles. The molecule has 0 aliphatic rings. The van der Waals surface area contributed by atoms with Crippen LogP contribution in [0.15, 0.2) is 72.8 Å². The van der Waals surface area contributed by atoms with Crippen LogP contribution in [0.1, 0.15) is 36.5 Å². The largest absolute Gasteiger partial charge is 0.427 e. The van der Waals surface area contributed by atoms with Gasteiger partial charge in [0.05, 0.1) is 5.56 Å². The van der Waals surface area contributed by atoms with Gasteiger partial charge in [0.1, 0.15) is 17.3 Å². The van der Waals surface area contributed by atoms with Gasteiger partial charge in [0.25, 0.3) is 0 Å². The summed E-state index contributed by atoms with van der Waals surface area (Å²) in [4.78, 5) is 24.0. The van der Waals surface area contributed by atoms with Crippen LogP contribution in [-0.2, 0) is 4.79 Å². The van der Waals surface area contributed by atoms with Crippen LogP contribution >= 0.6 is 0 Å². The van der Waals surface area contributed by atoms with E-state index >= 15 is 0 Å². The topological polar surface area (TPSA) is 52.6 Å². The van der Waals surface area contributed by atoms with Gasteiger partial charge >= 0.3 is 11.9 Å². The van der Waals surface area contributed by atoms with Gasteiger partial charge in [-0.15, -0.1) is 0 Å².